The van der Waals surface area contributed by atoms with Crippen molar-refractivity contribution in [1.82, 2.24) is 24.3 Å². The molecule has 1 aliphatic heterocycles. The normalized spacial score (nSPS) is 15.6. The highest BCUT2D eigenvalue weighted by Gasteiger charge is 2.28. The van der Waals surface area contributed by atoms with Gasteiger partial charge in [-0.2, -0.15) is 0 Å². The van der Waals surface area contributed by atoms with Crippen molar-refractivity contribution in [3.63, 3.8) is 0 Å². The maximum absolute atomic E-state index is 12.4. The Morgan fingerprint density at radius 1 is 1.22 bits per heavy atom. The highest BCUT2D eigenvalue weighted by molar-refractivity contribution is 5.92. The molecule has 1 N–H and O–H groups in total. The number of rotatable bonds is 2. The SMILES string of the molecule is Cc1cccc(-c2c[nH]c3ncc4nc(C5CCN(C(=O)OC(C)(C)C)CC5)cn4c23)c1. The lowest BCUT2D eigenvalue weighted by atomic mass is 9.94. The van der Waals surface area contributed by atoms with Gasteiger partial charge in [-0.1, -0.05) is 29.8 Å². The molecular weight excluding hydrogens is 402 g/mol. The van der Waals surface area contributed by atoms with Crippen LogP contribution in [0.25, 0.3) is 27.9 Å². The molecule has 3 aromatic heterocycles. The number of imidazole rings is 1. The molecule has 0 aliphatic carbocycles. The molecule has 7 heteroatoms. The number of nitrogens with zero attached hydrogens (tertiary/aromatic N) is 4. The van der Waals surface area contributed by atoms with Crippen LogP contribution < -0.4 is 0 Å². The number of benzene rings is 1. The summed E-state index contributed by atoms with van der Waals surface area (Å²) in [7, 11) is 0. The van der Waals surface area contributed by atoms with Crippen molar-refractivity contribution in [3.8, 4) is 11.1 Å². The second-order valence-corrected chi connectivity index (χ2v) is 9.66. The summed E-state index contributed by atoms with van der Waals surface area (Å²) < 4.78 is 7.67. The van der Waals surface area contributed by atoms with Gasteiger partial charge in [-0.15, -0.1) is 0 Å². The summed E-state index contributed by atoms with van der Waals surface area (Å²) in [6, 6.07) is 8.49. The first-order valence-corrected chi connectivity index (χ1v) is 11.2. The molecule has 32 heavy (non-hydrogen) atoms. The molecule has 1 amide bonds. The number of amides is 1. The summed E-state index contributed by atoms with van der Waals surface area (Å²) in [4.78, 5) is 27.0. The molecule has 4 aromatic rings. The summed E-state index contributed by atoms with van der Waals surface area (Å²) in [5.41, 5.74) is 6.81. The highest BCUT2D eigenvalue weighted by Crippen LogP contribution is 2.32. The van der Waals surface area contributed by atoms with Crippen LogP contribution in [0.4, 0.5) is 4.79 Å². The molecule has 1 aromatic carbocycles. The van der Waals surface area contributed by atoms with Crippen LogP contribution in [-0.4, -0.2) is 49.0 Å². The standard InChI is InChI=1S/C25H29N5O2/c1-16-6-5-7-18(12-16)19-13-26-23-22(19)30-15-20(28-21(30)14-27-23)17-8-10-29(11-9-17)24(31)32-25(2,3)4/h5-7,12-15,17,26H,8-11H2,1-4H3. The van der Waals surface area contributed by atoms with Crippen molar-refractivity contribution in [3.05, 3.63) is 54.1 Å². The van der Waals surface area contributed by atoms with Crippen LogP contribution in [0, 0.1) is 6.92 Å². The molecule has 1 saturated heterocycles. The summed E-state index contributed by atoms with van der Waals surface area (Å²) in [6.45, 7) is 9.16. The van der Waals surface area contributed by atoms with Crippen LogP contribution in [0.2, 0.25) is 0 Å². The van der Waals surface area contributed by atoms with Gasteiger partial charge in [-0.25, -0.2) is 14.8 Å². The Hall–Kier alpha value is -3.35. The molecule has 0 unspecified atom stereocenters. The molecule has 0 spiro atoms. The lowest BCUT2D eigenvalue weighted by molar-refractivity contribution is 0.0204. The van der Waals surface area contributed by atoms with E-state index < -0.39 is 5.60 Å². The molecule has 5 rings (SSSR count). The van der Waals surface area contributed by atoms with Crippen LogP contribution in [0.15, 0.2) is 42.9 Å². The van der Waals surface area contributed by atoms with E-state index >= 15 is 0 Å². The number of aryl methyl sites for hydroxylation is 1. The number of nitrogens with one attached hydrogen (secondary N) is 1. The molecule has 166 valence electrons. The van der Waals surface area contributed by atoms with E-state index in [0.29, 0.717) is 19.0 Å². The number of likely N-dealkylation sites (tertiary alicyclic amines) is 1. The van der Waals surface area contributed by atoms with Gasteiger partial charge in [0, 0.05) is 37.0 Å². The number of carbonyl (C=O) groups excluding carboxylic acids is 1. The van der Waals surface area contributed by atoms with E-state index in [1.54, 1.807) is 4.90 Å². The maximum Gasteiger partial charge on any atom is 0.410 e. The average Bonchev–Trinajstić information content (AvgIpc) is 3.36. The third-order valence-corrected chi connectivity index (χ3v) is 6.03. The third-order valence-electron chi connectivity index (χ3n) is 6.03. The minimum atomic E-state index is -0.473. The van der Waals surface area contributed by atoms with Gasteiger partial charge < -0.3 is 14.6 Å². The van der Waals surface area contributed by atoms with E-state index in [1.807, 2.05) is 33.2 Å². The number of piperidine rings is 1. The smallest absolute Gasteiger partial charge is 0.410 e. The van der Waals surface area contributed by atoms with E-state index in [0.717, 1.165) is 46.5 Å². The van der Waals surface area contributed by atoms with E-state index in [-0.39, 0.29) is 6.09 Å². The molecule has 4 heterocycles. The van der Waals surface area contributed by atoms with Crippen molar-refractivity contribution in [2.45, 2.75) is 52.1 Å². The largest absolute Gasteiger partial charge is 0.444 e. The van der Waals surface area contributed by atoms with Gasteiger partial charge in [0.1, 0.15) is 5.60 Å². The van der Waals surface area contributed by atoms with Gasteiger partial charge in [0.25, 0.3) is 0 Å². The number of fused-ring (bicyclic) bond motifs is 3. The van der Waals surface area contributed by atoms with Gasteiger partial charge >= 0.3 is 6.09 Å². The van der Waals surface area contributed by atoms with Crippen molar-refractivity contribution >= 4 is 22.9 Å². The number of carbonyl (C=O) groups is 1. The second kappa shape index (κ2) is 7.65. The lowest BCUT2D eigenvalue weighted by Crippen LogP contribution is -2.41. The van der Waals surface area contributed by atoms with Gasteiger partial charge in [-0.3, -0.25) is 4.40 Å². The van der Waals surface area contributed by atoms with Crippen molar-refractivity contribution in [2.75, 3.05) is 13.1 Å². The van der Waals surface area contributed by atoms with Crippen molar-refractivity contribution in [2.24, 2.45) is 0 Å². The predicted octanol–water partition coefficient (Wildman–Crippen LogP) is 5.30. The van der Waals surface area contributed by atoms with Crippen molar-refractivity contribution in [1.29, 1.82) is 0 Å². The fourth-order valence-electron chi connectivity index (χ4n) is 4.47. The number of H-pyrrole nitrogens is 1. The Morgan fingerprint density at radius 3 is 2.72 bits per heavy atom. The third kappa shape index (κ3) is 3.83. The quantitative estimate of drug-likeness (QED) is 0.467. The monoisotopic (exact) mass is 431 g/mol. The fraction of sp³-hybridized carbons (Fsp3) is 0.400. The van der Waals surface area contributed by atoms with E-state index in [9.17, 15) is 4.79 Å². The van der Waals surface area contributed by atoms with Gasteiger partial charge in [-0.05, 0) is 46.1 Å². The molecule has 0 radical (unpaired) electrons. The Morgan fingerprint density at radius 2 is 2.00 bits per heavy atom. The molecule has 1 fully saturated rings. The molecule has 0 atom stereocenters. The lowest BCUT2D eigenvalue weighted by Gasteiger charge is -2.32. The van der Waals surface area contributed by atoms with E-state index in [4.69, 9.17) is 9.72 Å². The average molecular weight is 432 g/mol. The zero-order valence-corrected chi connectivity index (χ0v) is 19.1. The van der Waals surface area contributed by atoms with E-state index in [1.165, 1.54) is 5.56 Å². The first-order chi connectivity index (χ1) is 15.3. The Balaban J connectivity index is 1.43. The Kier molecular flexibility index (Phi) is 4.92. The highest BCUT2D eigenvalue weighted by atomic mass is 16.6. The number of aromatic amines is 1. The van der Waals surface area contributed by atoms with Crippen LogP contribution in [0.3, 0.4) is 0 Å². The van der Waals surface area contributed by atoms with Crippen LogP contribution in [0.1, 0.15) is 50.8 Å². The summed E-state index contributed by atoms with van der Waals surface area (Å²) in [6.07, 6.45) is 7.49. The summed E-state index contributed by atoms with van der Waals surface area (Å²) in [5, 5.41) is 0. The minimum absolute atomic E-state index is 0.230. The van der Waals surface area contributed by atoms with Crippen molar-refractivity contribution < 1.29 is 9.53 Å². The Bertz CT molecular complexity index is 1290. The van der Waals surface area contributed by atoms with Crippen LogP contribution in [-0.2, 0) is 4.74 Å². The first-order valence-electron chi connectivity index (χ1n) is 11.2. The number of hydrogen-bond donors (Lipinski definition) is 1. The minimum Gasteiger partial charge on any atom is -0.444 e. The van der Waals surface area contributed by atoms with Gasteiger partial charge in [0.15, 0.2) is 11.3 Å². The zero-order chi connectivity index (χ0) is 22.5. The maximum atomic E-state index is 12.4. The zero-order valence-electron chi connectivity index (χ0n) is 19.1. The topological polar surface area (TPSA) is 75.5 Å². The van der Waals surface area contributed by atoms with Gasteiger partial charge in [0.05, 0.1) is 17.4 Å². The van der Waals surface area contributed by atoms with E-state index in [2.05, 4.69) is 51.8 Å². The fourth-order valence-corrected chi connectivity index (χ4v) is 4.47. The molecular formula is C25H29N5O2. The Labute approximate surface area is 187 Å². The van der Waals surface area contributed by atoms with Gasteiger partial charge in [0.2, 0.25) is 0 Å². The summed E-state index contributed by atoms with van der Waals surface area (Å²) in [5.74, 6) is 0.310. The number of ether oxygens (including phenoxy) is 1. The van der Waals surface area contributed by atoms with Crippen LogP contribution >= 0.6 is 0 Å². The number of aromatic nitrogens is 4. The molecule has 7 nitrogen and oxygen atoms in total. The summed E-state index contributed by atoms with van der Waals surface area (Å²) >= 11 is 0. The molecule has 0 saturated carbocycles. The second-order valence-electron chi connectivity index (χ2n) is 9.66. The first kappa shape index (κ1) is 20.5. The molecule has 1 aliphatic rings. The number of hydrogen-bond acceptors (Lipinski definition) is 4. The van der Waals surface area contributed by atoms with Crippen LogP contribution in [0.5, 0.6) is 0 Å². The molecule has 0 bridgehead atoms. The predicted molar refractivity (Wildman–Crippen MR) is 125 cm³/mol.